The molecular weight excluding hydrogens is 326 g/mol. The van der Waals surface area contributed by atoms with Crippen molar-refractivity contribution < 1.29 is 9.84 Å². The van der Waals surface area contributed by atoms with E-state index >= 15 is 0 Å². The quantitative estimate of drug-likeness (QED) is 0.607. The van der Waals surface area contributed by atoms with Crippen LogP contribution in [-0.2, 0) is 0 Å². The van der Waals surface area contributed by atoms with E-state index in [1.165, 1.54) is 0 Å². The SMILES string of the molecule is Cc1cc(OCC(O)CNC(C)C)cc(C)c1-c1nc2ccccc2[nH]1. The highest BCUT2D eigenvalue weighted by atomic mass is 16.5. The Kier molecular flexibility index (Phi) is 5.59. The van der Waals surface area contributed by atoms with Crippen LogP contribution in [0.1, 0.15) is 25.0 Å². The zero-order valence-corrected chi connectivity index (χ0v) is 15.8. The summed E-state index contributed by atoms with van der Waals surface area (Å²) < 4.78 is 5.79. The van der Waals surface area contributed by atoms with Crippen molar-refractivity contribution >= 4 is 11.0 Å². The maximum atomic E-state index is 10.0. The van der Waals surface area contributed by atoms with E-state index in [9.17, 15) is 5.11 Å². The third-order valence-electron chi connectivity index (χ3n) is 4.34. The minimum absolute atomic E-state index is 0.266. The highest BCUT2D eigenvalue weighted by Gasteiger charge is 2.13. The monoisotopic (exact) mass is 353 g/mol. The van der Waals surface area contributed by atoms with E-state index in [0.717, 1.165) is 39.3 Å². The van der Waals surface area contributed by atoms with Crippen LogP contribution in [0, 0.1) is 13.8 Å². The summed E-state index contributed by atoms with van der Waals surface area (Å²) in [5, 5.41) is 13.2. The summed E-state index contributed by atoms with van der Waals surface area (Å²) in [6, 6.07) is 12.4. The summed E-state index contributed by atoms with van der Waals surface area (Å²) in [4.78, 5) is 8.09. The number of hydrogen-bond donors (Lipinski definition) is 3. The molecule has 0 spiro atoms. The number of aromatic nitrogens is 2. The van der Waals surface area contributed by atoms with E-state index in [0.29, 0.717) is 12.6 Å². The fraction of sp³-hybridized carbons (Fsp3) is 0.381. The molecule has 5 nitrogen and oxygen atoms in total. The van der Waals surface area contributed by atoms with Crippen molar-refractivity contribution in [2.24, 2.45) is 0 Å². The fourth-order valence-corrected chi connectivity index (χ4v) is 3.07. The third-order valence-corrected chi connectivity index (χ3v) is 4.34. The summed E-state index contributed by atoms with van der Waals surface area (Å²) in [6.07, 6.45) is -0.534. The van der Waals surface area contributed by atoms with Crippen LogP contribution in [-0.4, -0.2) is 40.4 Å². The van der Waals surface area contributed by atoms with Gasteiger partial charge in [0.15, 0.2) is 0 Å². The van der Waals surface area contributed by atoms with Crippen molar-refractivity contribution in [3.63, 3.8) is 0 Å². The van der Waals surface area contributed by atoms with Crippen LogP contribution in [0.5, 0.6) is 5.75 Å². The number of aliphatic hydroxyl groups is 1. The zero-order valence-electron chi connectivity index (χ0n) is 15.8. The number of aliphatic hydroxyl groups excluding tert-OH is 1. The molecule has 3 N–H and O–H groups in total. The molecule has 0 aliphatic rings. The summed E-state index contributed by atoms with van der Waals surface area (Å²) in [7, 11) is 0. The van der Waals surface area contributed by atoms with Crippen molar-refractivity contribution in [3.05, 3.63) is 47.5 Å². The number of imidazole rings is 1. The molecular formula is C21H27N3O2. The van der Waals surface area contributed by atoms with E-state index in [1.807, 2.05) is 36.4 Å². The second-order valence-electron chi connectivity index (χ2n) is 7.06. The molecule has 0 saturated heterocycles. The summed E-state index contributed by atoms with van der Waals surface area (Å²) in [5.74, 6) is 1.64. The number of nitrogens with one attached hydrogen (secondary N) is 2. The van der Waals surface area contributed by atoms with Gasteiger partial charge in [-0.3, -0.25) is 0 Å². The maximum absolute atomic E-state index is 10.0. The van der Waals surface area contributed by atoms with Gasteiger partial charge in [-0.2, -0.15) is 0 Å². The molecule has 3 aromatic rings. The van der Waals surface area contributed by atoms with Crippen LogP contribution in [0.4, 0.5) is 0 Å². The van der Waals surface area contributed by atoms with Gasteiger partial charge in [0.25, 0.3) is 0 Å². The summed E-state index contributed by atoms with van der Waals surface area (Å²) >= 11 is 0. The Balaban J connectivity index is 1.76. The molecule has 1 unspecified atom stereocenters. The summed E-state index contributed by atoms with van der Waals surface area (Å²) in [6.45, 7) is 9.00. The van der Waals surface area contributed by atoms with Crippen LogP contribution >= 0.6 is 0 Å². The van der Waals surface area contributed by atoms with Crippen LogP contribution < -0.4 is 10.1 Å². The highest BCUT2D eigenvalue weighted by molar-refractivity contribution is 5.80. The van der Waals surface area contributed by atoms with Crippen molar-refractivity contribution in [2.75, 3.05) is 13.2 Å². The molecule has 26 heavy (non-hydrogen) atoms. The molecule has 1 aromatic heterocycles. The number of nitrogens with zero attached hydrogens (tertiary/aromatic N) is 1. The molecule has 0 aliphatic heterocycles. The van der Waals surface area contributed by atoms with Gasteiger partial charge < -0.3 is 20.1 Å². The lowest BCUT2D eigenvalue weighted by molar-refractivity contribution is 0.104. The average Bonchev–Trinajstić information content (AvgIpc) is 3.01. The Morgan fingerprint density at radius 2 is 1.85 bits per heavy atom. The van der Waals surface area contributed by atoms with Crippen LogP contribution in [0.15, 0.2) is 36.4 Å². The number of fused-ring (bicyclic) bond motifs is 1. The zero-order chi connectivity index (χ0) is 18.7. The fourth-order valence-electron chi connectivity index (χ4n) is 3.07. The van der Waals surface area contributed by atoms with E-state index < -0.39 is 6.10 Å². The predicted octanol–water partition coefficient (Wildman–Crippen LogP) is 3.58. The molecule has 2 aromatic carbocycles. The van der Waals surface area contributed by atoms with Crippen LogP contribution in [0.2, 0.25) is 0 Å². The Hall–Kier alpha value is -2.37. The second-order valence-corrected chi connectivity index (χ2v) is 7.06. The lowest BCUT2D eigenvalue weighted by Crippen LogP contribution is -2.35. The topological polar surface area (TPSA) is 70.2 Å². The summed E-state index contributed by atoms with van der Waals surface area (Å²) in [5.41, 5.74) is 5.27. The van der Waals surface area contributed by atoms with Crippen molar-refractivity contribution in [3.8, 4) is 17.1 Å². The Bertz CT molecular complexity index is 830. The number of benzene rings is 2. The predicted molar refractivity (Wildman–Crippen MR) is 106 cm³/mol. The molecule has 0 amide bonds. The lowest BCUT2D eigenvalue weighted by atomic mass is 10.0. The van der Waals surface area contributed by atoms with E-state index in [4.69, 9.17) is 9.72 Å². The Labute approximate surface area is 154 Å². The van der Waals surface area contributed by atoms with Gasteiger partial charge in [0.2, 0.25) is 0 Å². The Morgan fingerprint density at radius 1 is 1.15 bits per heavy atom. The molecule has 0 aliphatic carbocycles. The number of aromatic amines is 1. The molecule has 1 heterocycles. The molecule has 0 bridgehead atoms. The molecule has 1 atom stereocenters. The highest BCUT2D eigenvalue weighted by Crippen LogP contribution is 2.30. The van der Waals surface area contributed by atoms with Gasteiger partial charge in [-0.1, -0.05) is 26.0 Å². The number of rotatable bonds is 7. The minimum atomic E-state index is -0.534. The lowest BCUT2D eigenvalue weighted by Gasteiger charge is -2.16. The van der Waals surface area contributed by atoms with E-state index in [2.05, 4.69) is 38.0 Å². The van der Waals surface area contributed by atoms with Gasteiger partial charge in [0, 0.05) is 18.2 Å². The largest absolute Gasteiger partial charge is 0.491 e. The van der Waals surface area contributed by atoms with Gasteiger partial charge in [-0.25, -0.2) is 4.98 Å². The van der Waals surface area contributed by atoms with Gasteiger partial charge in [0.1, 0.15) is 24.3 Å². The second kappa shape index (κ2) is 7.89. The first-order valence-electron chi connectivity index (χ1n) is 9.04. The van der Waals surface area contributed by atoms with Crippen molar-refractivity contribution in [1.82, 2.24) is 15.3 Å². The number of para-hydroxylation sites is 2. The number of ether oxygens (including phenoxy) is 1. The molecule has 0 radical (unpaired) electrons. The molecule has 5 heteroatoms. The van der Waals surface area contributed by atoms with E-state index in [1.54, 1.807) is 0 Å². The third kappa shape index (κ3) is 4.23. The number of hydrogen-bond acceptors (Lipinski definition) is 4. The van der Waals surface area contributed by atoms with Gasteiger partial charge in [0.05, 0.1) is 11.0 Å². The molecule has 138 valence electrons. The molecule has 3 rings (SSSR count). The standard InChI is InChI=1S/C21H27N3O2/c1-13(2)22-11-16(25)12-26-17-9-14(3)20(15(4)10-17)21-23-18-7-5-6-8-19(18)24-21/h5-10,13,16,22,25H,11-12H2,1-4H3,(H,23,24). The molecule has 0 saturated carbocycles. The van der Waals surface area contributed by atoms with Crippen LogP contribution in [0.3, 0.4) is 0 Å². The average molecular weight is 353 g/mol. The van der Waals surface area contributed by atoms with Gasteiger partial charge in [-0.05, 0) is 49.2 Å². The van der Waals surface area contributed by atoms with E-state index in [-0.39, 0.29) is 6.61 Å². The number of aryl methyl sites for hydroxylation is 2. The van der Waals surface area contributed by atoms with Gasteiger partial charge in [-0.15, -0.1) is 0 Å². The smallest absolute Gasteiger partial charge is 0.139 e. The van der Waals surface area contributed by atoms with Crippen molar-refractivity contribution in [1.29, 1.82) is 0 Å². The molecule has 0 fully saturated rings. The maximum Gasteiger partial charge on any atom is 0.139 e. The van der Waals surface area contributed by atoms with Gasteiger partial charge >= 0.3 is 0 Å². The first kappa shape index (κ1) is 18.4. The van der Waals surface area contributed by atoms with Crippen molar-refractivity contribution in [2.45, 2.75) is 39.8 Å². The minimum Gasteiger partial charge on any atom is -0.491 e. The first-order chi connectivity index (χ1) is 12.4. The number of H-pyrrole nitrogens is 1. The van der Waals surface area contributed by atoms with Crippen LogP contribution in [0.25, 0.3) is 22.4 Å². The normalized spacial score (nSPS) is 12.7. The first-order valence-corrected chi connectivity index (χ1v) is 9.04. The Morgan fingerprint density at radius 3 is 2.50 bits per heavy atom.